The van der Waals surface area contributed by atoms with Gasteiger partial charge in [-0.05, 0) is 49.4 Å². The highest BCUT2D eigenvalue weighted by Gasteiger charge is 2.15. The quantitative estimate of drug-likeness (QED) is 0.904. The summed E-state index contributed by atoms with van der Waals surface area (Å²) in [5, 5.41) is 3.00. The molecule has 0 radical (unpaired) electrons. The highest BCUT2D eigenvalue weighted by molar-refractivity contribution is 7.99. The summed E-state index contributed by atoms with van der Waals surface area (Å²) in [6.45, 7) is 2.39. The van der Waals surface area contributed by atoms with Crippen LogP contribution in [0.1, 0.15) is 24.5 Å². The van der Waals surface area contributed by atoms with Crippen LogP contribution >= 0.6 is 11.8 Å². The molecule has 110 valence electrons. The first-order valence-electron chi connectivity index (χ1n) is 7.07. The van der Waals surface area contributed by atoms with Crippen LogP contribution in [0.4, 0.5) is 14.6 Å². The molecule has 1 aromatic heterocycles. The third-order valence-corrected chi connectivity index (χ3v) is 4.50. The third-order valence-electron chi connectivity index (χ3n) is 3.53. The van der Waals surface area contributed by atoms with E-state index in [0.29, 0.717) is 6.54 Å². The van der Waals surface area contributed by atoms with Crippen LogP contribution in [0.25, 0.3) is 0 Å². The van der Waals surface area contributed by atoms with Crippen molar-refractivity contribution >= 4 is 17.6 Å². The van der Waals surface area contributed by atoms with E-state index in [2.05, 4.69) is 22.4 Å². The Morgan fingerprint density at radius 3 is 2.76 bits per heavy atom. The zero-order valence-corrected chi connectivity index (χ0v) is 12.6. The molecule has 0 unspecified atom stereocenters. The Hall–Kier alpha value is -1.62. The highest BCUT2D eigenvalue weighted by atomic mass is 32.2. The molecule has 1 heterocycles. The molecule has 1 N–H and O–H groups in total. The molecule has 1 aliphatic carbocycles. The summed E-state index contributed by atoms with van der Waals surface area (Å²) in [4.78, 5) is 4.99. The number of benzene rings is 1. The van der Waals surface area contributed by atoms with E-state index in [9.17, 15) is 8.78 Å². The molecule has 2 aromatic rings. The maximum Gasteiger partial charge on any atom is 0.168 e. The minimum atomic E-state index is -0.660. The lowest BCUT2D eigenvalue weighted by Gasteiger charge is -2.09. The second-order valence-electron chi connectivity index (χ2n) is 5.02. The number of pyridine rings is 1. The van der Waals surface area contributed by atoms with Crippen LogP contribution < -0.4 is 5.32 Å². The average Bonchev–Trinajstić information content (AvgIpc) is 2.92. The minimum Gasteiger partial charge on any atom is -0.368 e. The van der Waals surface area contributed by atoms with Gasteiger partial charge in [0.2, 0.25) is 0 Å². The van der Waals surface area contributed by atoms with Crippen LogP contribution in [-0.4, -0.2) is 11.5 Å². The van der Waals surface area contributed by atoms with Gasteiger partial charge in [-0.3, -0.25) is 0 Å². The van der Waals surface area contributed by atoms with Crippen molar-refractivity contribution in [2.75, 3.05) is 11.9 Å². The average molecular weight is 306 g/mol. The van der Waals surface area contributed by atoms with Crippen molar-refractivity contribution in [3.63, 3.8) is 0 Å². The Labute approximate surface area is 127 Å². The third kappa shape index (κ3) is 3.02. The summed E-state index contributed by atoms with van der Waals surface area (Å²) in [5.41, 5.74) is 2.70. The number of hydrogen-bond donors (Lipinski definition) is 1. The van der Waals surface area contributed by atoms with Crippen molar-refractivity contribution < 1.29 is 8.78 Å². The Kier molecular flexibility index (Phi) is 4.10. The van der Waals surface area contributed by atoms with Gasteiger partial charge in [-0.1, -0.05) is 17.8 Å². The first-order chi connectivity index (χ1) is 10.2. The van der Waals surface area contributed by atoms with E-state index in [1.807, 2.05) is 13.0 Å². The largest absolute Gasteiger partial charge is 0.368 e. The summed E-state index contributed by atoms with van der Waals surface area (Å²) < 4.78 is 27.4. The molecule has 0 spiro atoms. The molecule has 5 heteroatoms. The van der Waals surface area contributed by atoms with Gasteiger partial charge in [-0.15, -0.1) is 0 Å². The summed E-state index contributed by atoms with van der Waals surface area (Å²) in [6, 6.07) is 7.05. The Balaban J connectivity index is 1.88. The second-order valence-corrected chi connectivity index (χ2v) is 6.08. The number of fused-ring (bicyclic) bond motifs is 1. The summed E-state index contributed by atoms with van der Waals surface area (Å²) in [6.07, 6.45) is 3.37. The Morgan fingerprint density at radius 2 is 1.95 bits per heavy atom. The number of nitrogens with zero attached hydrogens (tertiary/aromatic N) is 1. The zero-order chi connectivity index (χ0) is 14.8. The van der Waals surface area contributed by atoms with Gasteiger partial charge in [0, 0.05) is 17.5 Å². The van der Waals surface area contributed by atoms with E-state index >= 15 is 0 Å². The molecule has 0 aliphatic heterocycles. The monoisotopic (exact) mass is 306 g/mol. The van der Waals surface area contributed by atoms with Gasteiger partial charge in [0.05, 0.1) is 0 Å². The lowest BCUT2D eigenvalue weighted by Crippen LogP contribution is -2.04. The molecule has 0 amide bonds. The molecule has 0 saturated heterocycles. The van der Waals surface area contributed by atoms with Crippen LogP contribution in [-0.2, 0) is 12.8 Å². The van der Waals surface area contributed by atoms with Gasteiger partial charge >= 0.3 is 0 Å². The van der Waals surface area contributed by atoms with Crippen LogP contribution in [0.5, 0.6) is 0 Å². The number of aromatic nitrogens is 1. The fraction of sp³-hybridized carbons (Fsp3) is 0.312. The van der Waals surface area contributed by atoms with Gasteiger partial charge < -0.3 is 5.32 Å². The minimum absolute atomic E-state index is 0.0996. The van der Waals surface area contributed by atoms with Crippen LogP contribution in [0, 0.1) is 11.6 Å². The van der Waals surface area contributed by atoms with Crippen molar-refractivity contribution in [2.45, 2.75) is 36.1 Å². The SMILES string of the molecule is CCNc1nc(Sc2ccc3c(c2)CCC3)c(F)cc1F. The van der Waals surface area contributed by atoms with E-state index < -0.39 is 11.6 Å². The van der Waals surface area contributed by atoms with E-state index in [0.717, 1.165) is 23.8 Å². The van der Waals surface area contributed by atoms with Crippen molar-refractivity contribution in [3.05, 3.63) is 47.0 Å². The van der Waals surface area contributed by atoms with E-state index in [-0.39, 0.29) is 10.8 Å². The van der Waals surface area contributed by atoms with Crippen molar-refractivity contribution in [2.24, 2.45) is 0 Å². The van der Waals surface area contributed by atoms with Gasteiger partial charge in [-0.2, -0.15) is 0 Å². The molecular weight excluding hydrogens is 290 g/mol. The number of rotatable bonds is 4. The lowest BCUT2D eigenvalue weighted by molar-refractivity contribution is 0.551. The lowest BCUT2D eigenvalue weighted by atomic mass is 10.1. The molecule has 1 aromatic carbocycles. The second kappa shape index (κ2) is 6.02. The Morgan fingerprint density at radius 1 is 1.14 bits per heavy atom. The van der Waals surface area contributed by atoms with Gasteiger partial charge in [0.15, 0.2) is 17.5 Å². The van der Waals surface area contributed by atoms with Gasteiger partial charge in [0.1, 0.15) is 5.03 Å². The molecule has 0 bridgehead atoms. The van der Waals surface area contributed by atoms with Crippen molar-refractivity contribution in [1.29, 1.82) is 0 Å². The summed E-state index contributed by atoms with van der Waals surface area (Å²) >= 11 is 1.24. The fourth-order valence-electron chi connectivity index (χ4n) is 2.54. The summed E-state index contributed by atoms with van der Waals surface area (Å²) in [7, 11) is 0. The normalized spacial score (nSPS) is 13.3. The van der Waals surface area contributed by atoms with E-state index in [4.69, 9.17) is 0 Å². The zero-order valence-electron chi connectivity index (χ0n) is 11.7. The van der Waals surface area contributed by atoms with Gasteiger partial charge in [0.25, 0.3) is 0 Å². The first kappa shape index (κ1) is 14.3. The molecule has 3 rings (SSSR count). The topological polar surface area (TPSA) is 24.9 Å². The van der Waals surface area contributed by atoms with Crippen molar-refractivity contribution in [1.82, 2.24) is 4.98 Å². The molecule has 0 saturated carbocycles. The highest BCUT2D eigenvalue weighted by Crippen LogP contribution is 2.33. The number of hydrogen-bond acceptors (Lipinski definition) is 3. The number of nitrogens with one attached hydrogen (secondary N) is 1. The smallest absolute Gasteiger partial charge is 0.168 e. The van der Waals surface area contributed by atoms with Crippen LogP contribution in [0.15, 0.2) is 34.2 Å². The number of halogens is 2. The predicted molar refractivity (Wildman–Crippen MR) is 80.9 cm³/mol. The molecular formula is C16H16F2N2S. The molecule has 0 fully saturated rings. The first-order valence-corrected chi connectivity index (χ1v) is 7.88. The maximum absolute atomic E-state index is 13.9. The van der Waals surface area contributed by atoms with Crippen LogP contribution in [0.2, 0.25) is 0 Å². The molecule has 21 heavy (non-hydrogen) atoms. The molecule has 1 aliphatic rings. The summed E-state index contributed by atoms with van der Waals surface area (Å²) in [5.74, 6) is -1.19. The predicted octanol–water partition coefficient (Wildman–Crippen LogP) is 4.43. The number of aryl methyl sites for hydroxylation is 2. The number of anilines is 1. The standard InChI is InChI=1S/C16H16F2N2S/c1-2-19-15-13(17)9-14(18)16(20-15)21-12-7-6-10-4-3-5-11(10)8-12/h6-9H,2-5H2,1H3,(H,19,20). The van der Waals surface area contributed by atoms with Gasteiger partial charge in [-0.25, -0.2) is 13.8 Å². The molecule has 2 nitrogen and oxygen atoms in total. The van der Waals surface area contributed by atoms with E-state index in [1.165, 1.54) is 29.3 Å². The fourth-order valence-corrected chi connectivity index (χ4v) is 3.39. The van der Waals surface area contributed by atoms with Crippen LogP contribution in [0.3, 0.4) is 0 Å². The van der Waals surface area contributed by atoms with Crippen molar-refractivity contribution in [3.8, 4) is 0 Å². The Bertz CT molecular complexity index is 674. The van der Waals surface area contributed by atoms with E-state index in [1.54, 1.807) is 0 Å². The maximum atomic E-state index is 13.9. The molecule has 0 atom stereocenters.